The van der Waals surface area contributed by atoms with Crippen molar-refractivity contribution in [2.45, 2.75) is 23.5 Å². The third kappa shape index (κ3) is 5.43. The van der Waals surface area contributed by atoms with E-state index in [-0.39, 0.29) is 5.16 Å². The van der Waals surface area contributed by atoms with E-state index in [1.165, 1.54) is 6.92 Å². The smallest absolute Gasteiger partial charge is 0.346 e. The van der Waals surface area contributed by atoms with E-state index in [1.807, 2.05) is 5.32 Å². The van der Waals surface area contributed by atoms with Crippen molar-refractivity contribution < 1.29 is 18.0 Å². The summed E-state index contributed by atoms with van der Waals surface area (Å²) in [6.45, 7) is 0.120. The molecule has 1 aromatic heterocycles. The molecular formula is C13H12ClF3N4OS. The Bertz CT molecular complexity index is 675. The highest BCUT2D eigenvalue weighted by atomic mass is 35.5. The van der Waals surface area contributed by atoms with Gasteiger partial charge in [-0.05, 0) is 31.2 Å². The number of H-pyrrole nitrogens is 1. The van der Waals surface area contributed by atoms with E-state index in [9.17, 15) is 18.0 Å². The lowest BCUT2D eigenvalue weighted by Gasteiger charge is -2.11. The van der Waals surface area contributed by atoms with Crippen LogP contribution in [0, 0.1) is 0 Å². The van der Waals surface area contributed by atoms with Gasteiger partial charge in [0.25, 0.3) is 0 Å². The Balaban J connectivity index is 1.95. The highest BCUT2D eigenvalue weighted by Gasteiger charge is 2.29. The summed E-state index contributed by atoms with van der Waals surface area (Å²) >= 11 is 6.76. The zero-order valence-corrected chi connectivity index (χ0v) is 13.4. The minimum Gasteiger partial charge on any atom is -0.346 e. The van der Waals surface area contributed by atoms with Crippen molar-refractivity contribution >= 4 is 29.3 Å². The molecule has 2 N–H and O–H groups in total. The number of carbonyl (C=O) groups excluding carboxylic acids is 1. The van der Waals surface area contributed by atoms with Crippen LogP contribution in [0.3, 0.4) is 0 Å². The summed E-state index contributed by atoms with van der Waals surface area (Å²) in [7, 11) is 0. The first-order chi connectivity index (χ1) is 10.7. The van der Waals surface area contributed by atoms with Gasteiger partial charge in [0.05, 0.1) is 5.25 Å². The van der Waals surface area contributed by atoms with E-state index in [2.05, 4.69) is 15.2 Å². The molecule has 0 fully saturated rings. The zero-order valence-electron chi connectivity index (χ0n) is 11.8. The van der Waals surface area contributed by atoms with E-state index in [0.29, 0.717) is 10.8 Å². The SMILES string of the molecule is CC(Sc1n[nH]c(-c2ccc(Cl)cc2)n1)C(=O)NCC(F)(F)F. The maximum absolute atomic E-state index is 12.1. The Labute approximate surface area is 139 Å². The average Bonchev–Trinajstić information content (AvgIpc) is 2.93. The van der Waals surface area contributed by atoms with Gasteiger partial charge < -0.3 is 5.32 Å². The molecule has 0 spiro atoms. The Kier molecular flexibility index (Phi) is 5.53. The van der Waals surface area contributed by atoms with Gasteiger partial charge in [0.2, 0.25) is 11.1 Å². The molecule has 1 amide bonds. The third-order valence-electron chi connectivity index (χ3n) is 2.70. The molecule has 0 saturated heterocycles. The van der Waals surface area contributed by atoms with Gasteiger partial charge in [-0.3, -0.25) is 9.89 Å². The molecular weight excluding hydrogens is 353 g/mol. The Hall–Kier alpha value is -1.74. The number of alkyl halides is 3. The predicted octanol–water partition coefficient (Wildman–Crippen LogP) is 3.28. The third-order valence-corrected chi connectivity index (χ3v) is 3.91. The summed E-state index contributed by atoms with van der Waals surface area (Å²) < 4.78 is 36.2. The van der Waals surface area contributed by atoms with Crippen LogP contribution in [-0.2, 0) is 4.79 Å². The van der Waals surface area contributed by atoms with Crippen LogP contribution >= 0.6 is 23.4 Å². The minimum absolute atomic E-state index is 0.268. The molecule has 1 unspecified atom stereocenters. The second-order valence-electron chi connectivity index (χ2n) is 4.57. The number of aromatic amines is 1. The van der Waals surface area contributed by atoms with E-state index in [1.54, 1.807) is 24.3 Å². The largest absolute Gasteiger partial charge is 0.405 e. The molecule has 23 heavy (non-hydrogen) atoms. The molecule has 0 radical (unpaired) electrons. The van der Waals surface area contributed by atoms with Crippen LogP contribution in [0.15, 0.2) is 29.4 Å². The molecule has 2 rings (SSSR count). The number of hydrogen-bond donors (Lipinski definition) is 2. The van der Waals surface area contributed by atoms with E-state index >= 15 is 0 Å². The number of carbonyl (C=O) groups is 1. The molecule has 0 saturated carbocycles. The van der Waals surface area contributed by atoms with Crippen molar-refractivity contribution in [1.82, 2.24) is 20.5 Å². The van der Waals surface area contributed by atoms with Gasteiger partial charge in [-0.1, -0.05) is 23.4 Å². The fraction of sp³-hybridized carbons (Fsp3) is 0.308. The normalized spacial score (nSPS) is 12.9. The lowest BCUT2D eigenvalue weighted by molar-refractivity contribution is -0.137. The van der Waals surface area contributed by atoms with Gasteiger partial charge in [-0.2, -0.15) is 13.2 Å². The summed E-state index contributed by atoms with van der Waals surface area (Å²) in [5.74, 6) is -0.253. The number of aromatic nitrogens is 3. The van der Waals surface area contributed by atoms with Gasteiger partial charge >= 0.3 is 6.18 Å². The number of nitrogens with one attached hydrogen (secondary N) is 2. The molecule has 1 aromatic carbocycles. The monoisotopic (exact) mass is 364 g/mol. The number of thioether (sulfide) groups is 1. The fourth-order valence-corrected chi connectivity index (χ4v) is 2.45. The zero-order chi connectivity index (χ0) is 17.0. The van der Waals surface area contributed by atoms with E-state index < -0.39 is 23.9 Å². The molecule has 2 aromatic rings. The molecule has 0 aliphatic carbocycles. The van der Waals surface area contributed by atoms with E-state index in [4.69, 9.17) is 11.6 Å². The number of halogens is 4. The number of hydrogen-bond acceptors (Lipinski definition) is 4. The van der Waals surface area contributed by atoms with Crippen molar-refractivity contribution in [2.75, 3.05) is 6.54 Å². The van der Waals surface area contributed by atoms with Crippen molar-refractivity contribution in [3.05, 3.63) is 29.3 Å². The Morgan fingerprint density at radius 2 is 2.04 bits per heavy atom. The molecule has 0 aliphatic heterocycles. The van der Waals surface area contributed by atoms with Crippen molar-refractivity contribution in [2.24, 2.45) is 0 Å². The van der Waals surface area contributed by atoms with Gasteiger partial charge in [0.1, 0.15) is 6.54 Å². The second-order valence-corrected chi connectivity index (χ2v) is 6.31. The first-order valence-corrected chi connectivity index (χ1v) is 7.70. The summed E-state index contributed by atoms with van der Waals surface area (Å²) in [6.07, 6.45) is -4.44. The number of nitrogens with zero attached hydrogens (tertiary/aromatic N) is 2. The van der Waals surface area contributed by atoms with Crippen LogP contribution in [0.4, 0.5) is 13.2 Å². The number of amides is 1. The van der Waals surface area contributed by atoms with Gasteiger partial charge in [-0.15, -0.1) is 5.10 Å². The van der Waals surface area contributed by atoms with E-state index in [0.717, 1.165) is 17.3 Å². The summed E-state index contributed by atoms with van der Waals surface area (Å²) in [5, 5.41) is 8.56. The maximum Gasteiger partial charge on any atom is 0.405 e. The fourth-order valence-electron chi connectivity index (χ4n) is 1.58. The van der Waals surface area contributed by atoms with Crippen LogP contribution in [0.2, 0.25) is 5.02 Å². The topological polar surface area (TPSA) is 70.7 Å². The quantitative estimate of drug-likeness (QED) is 0.799. The molecule has 10 heteroatoms. The highest BCUT2D eigenvalue weighted by molar-refractivity contribution is 8.00. The van der Waals surface area contributed by atoms with Gasteiger partial charge in [-0.25, -0.2) is 4.98 Å². The Morgan fingerprint density at radius 1 is 1.39 bits per heavy atom. The van der Waals surface area contributed by atoms with Crippen LogP contribution in [0.1, 0.15) is 6.92 Å². The first kappa shape index (κ1) is 17.6. The first-order valence-electron chi connectivity index (χ1n) is 6.44. The number of benzene rings is 1. The van der Waals surface area contributed by atoms with Crippen molar-refractivity contribution in [3.63, 3.8) is 0 Å². The molecule has 1 heterocycles. The summed E-state index contributed by atoms with van der Waals surface area (Å²) in [4.78, 5) is 15.8. The Morgan fingerprint density at radius 3 is 2.65 bits per heavy atom. The standard InChI is InChI=1S/C13H12ClF3N4OS/c1-7(11(22)18-6-13(15,16)17)23-12-19-10(20-21-12)8-2-4-9(14)5-3-8/h2-5,7H,6H2,1H3,(H,18,22)(H,19,20,21). The predicted molar refractivity (Wildman–Crippen MR) is 81.2 cm³/mol. The summed E-state index contributed by atoms with van der Waals surface area (Å²) in [6, 6.07) is 6.88. The molecule has 0 aliphatic rings. The maximum atomic E-state index is 12.1. The summed E-state index contributed by atoms with van der Waals surface area (Å²) in [5.41, 5.74) is 0.753. The number of rotatable bonds is 5. The molecule has 5 nitrogen and oxygen atoms in total. The molecule has 1 atom stereocenters. The van der Waals surface area contributed by atoms with Gasteiger partial charge in [0, 0.05) is 10.6 Å². The lowest BCUT2D eigenvalue weighted by Crippen LogP contribution is -2.38. The second kappa shape index (κ2) is 7.22. The van der Waals surface area contributed by atoms with Gasteiger partial charge in [0.15, 0.2) is 5.82 Å². The minimum atomic E-state index is -4.44. The molecule has 124 valence electrons. The van der Waals surface area contributed by atoms with Crippen LogP contribution in [-0.4, -0.2) is 39.1 Å². The van der Waals surface area contributed by atoms with Crippen LogP contribution in [0.5, 0.6) is 0 Å². The van der Waals surface area contributed by atoms with Crippen LogP contribution < -0.4 is 5.32 Å². The van der Waals surface area contributed by atoms with Crippen molar-refractivity contribution in [1.29, 1.82) is 0 Å². The molecule has 0 bridgehead atoms. The average molecular weight is 365 g/mol. The van der Waals surface area contributed by atoms with Crippen molar-refractivity contribution in [3.8, 4) is 11.4 Å². The highest BCUT2D eigenvalue weighted by Crippen LogP contribution is 2.24. The van der Waals surface area contributed by atoms with Crippen LogP contribution in [0.25, 0.3) is 11.4 Å². The lowest BCUT2D eigenvalue weighted by atomic mass is 10.2.